The van der Waals surface area contributed by atoms with Crippen LogP contribution in [-0.2, 0) is 0 Å². The van der Waals surface area contributed by atoms with E-state index in [1.165, 1.54) is 0 Å². The van der Waals surface area contributed by atoms with Gasteiger partial charge < -0.3 is 14.7 Å². The number of rotatable bonds is 2. The first-order valence-corrected chi connectivity index (χ1v) is 7.28. The van der Waals surface area contributed by atoms with Crippen LogP contribution < -0.4 is 5.32 Å². The van der Waals surface area contributed by atoms with Crippen molar-refractivity contribution in [3.8, 4) is 0 Å². The van der Waals surface area contributed by atoms with E-state index in [9.17, 15) is 4.79 Å². The van der Waals surface area contributed by atoms with Crippen LogP contribution in [0.25, 0.3) is 0 Å². The minimum absolute atomic E-state index is 0.0431. The van der Waals surface area contributed by atoms with Gasteiger partial charge in [0.25, 0.3) is 0 Å². The van der Waals surface area contributed by atoms with Crippen LogP contribution >= 0.6 is 11.6 Å². The SMILES string of the molecule is Cc1cc([C@@H]2CCCN2C(=O)Nc2ccc(Cl)cc2)on1. The van der Waals surface area contributed by atoms with E-state index in [0.29, 0.717) is 11.6 Å². The number of benzene rings is 1. The average molecular weight is 306 g/mol. The summed E-state index contributed by atoms with van der Waals surface area (Å²) in [7, 11) is 0. The molecule has 1 aliphatic rings. The van der Waals surface area contributed by atoms with Crippen LogP contribution in [-0.4, -0.2) is 22.6 Å². The van der Waals surface area contributed by atoms with Crippen LogP contribution in [0.4, 0.5) is 10.5 Å². The standard InChI is InChI=1S/C15H16ClN3O2/c1-10-9-14(21-18-10)13-3-2-8-19(13)15(20)17-12-6-4-11(16)5-7-12/h4-7,9,13H,2-3,8H2,1H3,(H,17,20)/t13-/m0/s1. The lowest BCUT2D eigenvalue weighted by Gasteiger charge is -2.23. The third kappa shape index (κ3) is 3.03. The molecule has 1 atom stereocenters. The summed E-state index contributed by atoms with van der Waals surface area (Å²) in [5.41, 5.74) is 1.55. The first-order chi connectivity index (χ1) is 10.1. The Morgan fingerprint density at radius 1 is 1.43 bits per heavy atom. The average Bonchev–Trinajstić information content (AvgIpc) is 3.09. The molecule has 0 saturated carbocycles. The molecule has 5 nitrogen and oxygen atoms in total. The maximum Gasteiger partial charge on any atom is 0.322 e. The highest BCUT2D eigenvalue weighted by atomic mass is 35.5. The molecule has 0 aliphatic carbocycles. The summed E-state index contributed by atoms with van der Waals surface area (Å²) in [6, 6.07) is 8.77. The fourth-order valence-electron chi connectivity index (χ4n) is 2.57. The molecule has 21 heavy (non-hydrogen) atoms. The van der Waals surface area contributed by atoms with Gasteiger partial charge in [0.2, 0.25) is 0 Å². The summed E-state index contributed by atoms with van der Waals surface area (Å²) >= 11 is 5.84. The van der Waals surface area contributed by atoms with Gasteiger partial charge in [-0.25, -0.2) is 4.79 Å². The number of nitrogens with one attached hydrogen (secondary N) is 1. The quantitative estimate of drug-likeness (QED) is 0.912. The van der Waals surface area contributed by atoms with E-state index in [1.54, 1.807) is 29.2 Å². The summed E-state index contributed by atoms with van der Waals surface area (Å²) in [4.78, 5) is 14.2. The van der Waals surface area contributed by atoms with Crippen molar-refractivity contribution in [2.75, 3.05) is 11.9 Å². The molecule has 0 unspecified atom stereocenters. The van der Waals surface area contributed by atoms with Gasteiger partial charge in [0, 0.05) is 23.3 Å². The molecular formula is C15H16ClN3O2. The third-order valence-corrected chi connectivity index (χ3v) is 3.84. The molecule has 110 valence electrons. The van der Waals surface area contributed by atoms with Gasteiger partial charge >= 0.3 is 6.03 Å². The second-order valence-electron chi connectivity index (χ2n) is 5.16. The topological polar surface area (TPSA) is 58.4 Å². The molecule has 2 amide bonds. The summed E-state index contributed by atoms with van der Waals surface area (Å²) in [6.07, 6.45) is 1.85. The van der Waals surface area contributed by atoms with Crippen molar-refractivity contribution in [1.29, 1.82) is 0 Å². The molecule has 1 N–H and O–H groups in total. The molecule has 1 fully saturated rings. The lowest BCUT2D eigenvalue weighted by Crippen LogP contribution is -2.34. The molecule has 1 aromatic carbocycles. The number of aryl methyl sites for hydroxylation is 1. The number of aromatic nitrogens is 1. The number of urea groups is 1. The predicted octanol–water partition coefficient (Wildman–Crippen LogP) is 4.01. The van der Waals surface area contributed by atoms with Gasteiger partial charge in [-0.3, -0.25) is 0 Å². The zero-order valence-electron chi connectivity index (χ0n) is 11.7. The number of nitrogens with zero attached hydrogens (tertiary/aromatic N) is 2. The Labute approximate surface area is 127 Å². The Kier molecular flexibility index (Phi) is 3.84. The van der Waals surface area contributed by atoms with Gasteiger partial charge in [0.15, 0.2) is 5.76 Å². The molecule has 1 saturated heterocycles. The van der Waals surface area contributed by atoms with Gasteiger partial charge in [-0.15, -0.1) is 0 Å². The lowest BCUT2D eigenvalue weighted by atomic mass is 10.1. The predicted molar refractivity (Wildman–Crippen MR) is 80.4 cm³/mol. The molecule has 1 aromatic heterocycles. The van der Waals surface area contributed by atoms with Crippen molar-refractivity contribution in [2.45, 2.75) is 25.8 Å². The van der Waals surface area contributed by atoms with Crippen molar-refractivity contribution in [3.63, 3.8) is 0 Å². The minimum Gasteiger partial charge on any atom is -0.359 e. The number of anilines is 1. The summed E-state index contributed by atoms with van der Waals surface area (Å²) < 4.78 is 5.31. The minimum atomic E-state index is -0.131. The van der Waals surface area contributed by atoms with Crippen LogP contribution in [0.1, 0.15) is 30.3 Å². The number of hydrogen-bond acceptors (Lipinski definition) is 3. The van der Waals surface area contributed by atoms with E-state index in [-0.39, 0.29) is 12.1 Å². The van der Waals surface area contributed by atoms with E-state index >= 15 is 0 Å². The molecule has 0 bridgehead atoms. The maximum absolute atomic E-state index is 12.4. The van der Waals surface area contributed by atoms with Crippen LogP contribution in [0.2, 0.25) is 5.02 Å². The summed E-state index contributed by atoms with van der Waals surface area (Å²) in [6.45, 7) is 2.59. The first-order valence-electron chi connectivity index (χ1n) is 6.90. The second kappa shape index (κ2) is 5.77. The molecule has 2 aromatic rings. The molecule has 1 aliphatic heterocycles. The van der Waals surface area contributed by atoms with Gasteiger partial charge in [-0.1, -0.05) is 16.8 Å². The Morgan fingerprint density at radius 2 is 2.19 bits per heavy atom. The van der Waals surface area contributed by atoms with Gasteiger partial charge in [-0.2, -0.15) is 0 Å². The summed E-state index contributed by atoms with van der Waals surface area (Å²) in [5, 5.41) is 7.43. The van der Waals surface area contributed by atoms with E-state index in [0.717, 1.165) is 30.0 Å². The molecular weight excluding hydrogens is 290 g/mol. The van der Waals surface area contributed by atoms with Crippen LogP contribution in [0.5, 0.6) is 0 Å². The van der Waals surface area contributed by atoms with Crippen LogP contribution in [0.3, 0.4) is 0 Å². The van der Waals surface area contributed by atoms with Crippen LogP contribution in [0.15, 0.2) is 34.9 Å². The zero-order valence-corrected chi connectivity index (χ0v) is 12.4. The fraction of sp³-hybridized carbons (Fsp3) is 0.333. The highest BCUT2D eigenvalue weighted by Crippen LogP contribution is 2.32. The highest BCUT2D eigenvalue weighted by molar-refractivity contribution is 6.30. The largest absolute Gasteiger partial charge is 0.359 e. The molecule has 2 heterocycles. The van der Waals surface area contributed by atoms with E-state index in [2.05, 4.69) is 10.5 Å². The molecule has 6 heteroatoms. The molecule has 0 spiro atoms. The number of amides is 2. The number of halogens is 1. The normalized spacial score (nSPS) is 18.0. The molecule has 0 radical (unpaired) electrons. The number of hydrogen-bond donors (Lipinski definition) is 1. The smallest absolute Gasteiger partial charge is 0.322 e. The first kappa shape index (κ1) is 13.9. The Hall–Kier alpha value is -2.01. The van der Waals surface area contributed by atoms with Crippen molar-refractivity contribution in [3.05, 3.63) is 46.8 Å². The maximum atomic E-state index is 12.4. The fourth-order valence-corrected chi connectivity index (χ4v) is 2.70. The highest BCUT2D eigenvalue weighted by Gasteiger charge is 2.32. The second-order valence-corrected chi connectivity index (χ2v) is 5.60. The van der Waals surface area contributed by atoms with Crippen molar-refractivity contribution in [1.82, 2.24) is 10.1 Å². The van der Waals surface area contributed by atoms with Gasteiger partial charge in [0.1, 0.15) is 0 Å². The van der Waals surface area contributed by atoms with E-state index in [1.807, 2.05) is 13.0 Å². The zero-order chi connectivity index (χ0) is 14.8. The van der Waals surface area contributed by atoms with Crippen molar-refractivity contribution >= 4 is 23.3 Å². The van der Waals surface area contributed by atoms with Gasteiger partial charge in [0.05, 0.1) is 11.7 Å². The third-order valence-electron chi connectivity index (χ3n) is 3.58. The number of carbonyl (C=O) groups is 1. The Bertz CT molecular complexity index is 639. The molecule has 3 rings (SSSR count). The Balaban J connectivity index is 1.72. The summed E-state index contributed by atoms with van der Waals surface area (Å²) in [5.74, 6) is 0.747. The van der Waals surface area contributed by atoms with Crippen LogP contribution in [0, 0.1) is 6.92 Å². The van der Waals surface area contributed by atoms with E-state index in [4.69, 9.17) is 16.1 Å². The van der Waals surface area contributed by atoms with Crippen molar-refractivity contribution < 1.29 is 9.32 Å². The number of likely N-dealkylation sites (tertiary alicyclic amines) is 1. The monoisotopic (exact) mass is 305 g/mol. The van der Waals surface area contributed by atoms with E-state index < -0.39 is 0 Å². The Morgan fingerprint density at radius 3 is 2.86 bits per heavy atom. The van der Waals surface area contributed by atoms with Crippen molar-refractivity contribution in [2.24, 2.45) is 0 Å². The number of carbonyl (C=O) groups excluding carboxylic acids is 1. The van der Waals surface area contributed by atoms with Gasteiger partial charge in [-0.05, 0) is 44.0 Å². The lowest BCUT2D eigenvalue weighted by molar-refractivity contribution is 0.195.